The fraction of sp³-hybridized carbons (Fsp3) is 0.571. The lowest BCUT2D eigenvalue weighted by Crippen LogP contribution is -2.08. The van der Waals surface area contributed by atoms with Crippen molar-refractivity contribution in [1.29, 1.82) is 0 Å². The molecule has 0 aromatic carbocycles. The Morgan fingerprint density at radius 2 is 2.07 bits per heavy atom. The third-order valence-electron chi connectivity index (χ3n) is 1.93. The van der Waals surface area contributed by atoms with Gasteiger partial charge in [0, 0.05) is 6.54 Å². The van der Waals surface area contributed by atoms with Crippen LogP contribution in [0.25, 0.3) is 0 Å². The Kier molecular flexibility index (Phi) is 3.53. The van der Waals surface area contributed by atoms with Crippen LogP contribution in [0, 0.1) is 0 Å². The molecule has 86 valence electrons. The molecule has 0 aliphatic heterocycles. The number of nitrogen functional groups attached to an aromatic ring is 2. The summed E-state index contributed by atoms with van der Waals surface area (Å²) in [7, 11) is -3.87. The molecule has 0 radical (unpaired) electrons. The van der Waals surface area contributed by atoms with Crippen LogP contribution < -0.4 is 11.5 Å². The summed E-state index contributed by atoms with van der Waals surface area (Å²) >= 11 is 0. The van der Waals surface area contributed by atoms with Gasteiger partial charge in [0.1, 0.15) is 5.82 Å². The van der Waals surface area contributed by atoms with Crippen LogP contribution in [0.3, 0.4) is 0 Å². The van der Waals surface area contributed by atoms with Crippen molar-refractivity contribution >= 4 is 21.6 Å². The molecular formula is C7H14N4O3S. The Morgan fingerprint density at radius 1 is 1.40 bits per heavy atom. The van der Waals surface area contributed by atoms with E-state index < -0.39 is 10.1 Å². The molecule has 0 saturated carbocycles. The second-order valence-corrected chi connectivity index (χ2v) is 4.77. The van der Waals surface area contributed by atoms with Gasteiger partial charge in [0.05, 0.1) is 17.6 Å². The van der Waals surface area contributed by atoms with Gasteiger partial charge in [0.25, 0.3) is 10.1 Å². The van der Waals surface area contributed by atoms with E-state index in [2.05, 4.69) is 5.10 Å². The second kappa shape index (κ2) is 4.49. The number of aromatic nitrogens is 2. The van der Waals surface area contributed by atoms with Gasteiger partial charge in [-0.3, -0.25) is 4.55 Å². The van der Waals surface area contributed by atoms with Crippen molar-refractivity contribution in [3.05, 3.63) is 6.20 Å². The maximum Gasteiger partial charge on any atom is 0.264 e. The van der Waals surface area contributed by atoms with Crippen molar-refractivity contribution in [2.75, 3.05) is 17.2 Å². The lowest BCUT2D eigenvalue weighted by molar-refractivity contribution is 0.477. The Morgan fingerprint density at radius 3 is 2.53 bits per heavy atom. The number of nitrogens with zero attached hydrogens (tertiary/aromatic N) is 2. The number of aryl methyl sites for hydroxylation is 1. The first-order chi connectivity index (χ1) is 6.90. The molecule has 0 unspecified atom stereocenters. The topological polar surface area (TPSA) is 124 Å². The molecule has 15 heavy (non-hydrogen) atoms. The lowest BCUT2D eigenvalue weighted by Gasteiger charge is -2.03. The van der Waals surface area contributed by atoms with E-state index in [-0.39, 0.29) is 5.75 Å². The first kappa shape index (κ1) is 11.8. The number of anilines is 2. The minimum absolute atomic E-state index is 0.246. The Hall–Kier alpha value is -1.28. The van der Waals surface area contributed by atoms with Crippen LogP contribution in [0.15, 0.2) is 6.20 Å². The minimum atomic E-state index is -3.87. The zero-order valence-corrected chi connectivity index (χ0v) is 8.94. The third-order valence-corrected chi connectivity index (χ3v) is 2.74. The summed E-state index contributed by atoms with van der Waals surface area (Å²) in [6.07, 6.45) is 2.36. The van der Waals surface area contributed by atoms with E-state index in [4.69, 9.17) is 16.0 Å². The maximum absolute atomic E-state index is 10.4. The Bertz CT molecular complexity index is 425. The van der Waals surface area contributed by atoms with Crippen LogP contribution >= 0.6 is 0 Å². The first-order valence-electron chi connectivity index (χ1n) is 4.42. The van der Waals surface area contributed by atoms with Gasteiger partial charge in [0.15, 0.2) is 0 Å². The van der Waals surface area contributed by atoms with Gasteiger partial charge in [-0.25, -0.2) is 4.68 Å². The van der Waals surface area contributed by atoms with Crippen LogP contribution in [0.1, 0.15) is 12.8 Å². The molecule has 5 N–H and O–H groups in total. The molecule has 7 nitrogen and oxygen atoms in total. The molecule has 0 aliphatic carbocycles. The van der Waals surface area contributed by atoms with Gasteiger partial charge in [-0.2, -0.15) is 13.5 Å². The van der Waals surface area contributed by atoms with Gasteiger partial charge < -0.3 is 11.5 Å². The Labute approximate surface area is 87.8 Å². The third kappa shape index (κ3) is 3.76. The summed E-state index contributed by atoms with van der Waals surface area (Å²) in [5.74, 6) is 0.130. The molecule has 0 bridgehead atoms. The number of rotatable bonds is 5. The number of hydrogen-bond acceptors (Lipinski definition) is 5. The molecule has 1 aromatic heterocycles. The lowest BCUT2D eigenvalue weighted by atomic mass is 10.3. The molecule has 0 aliphatic rings. The predicted molar refractivity (Wildman–Crippen MR) is 56.7 cm³/mol. The molecule has 0 amide bonds. The van der Waals surface area contributed by atoms with Crippen molar-refractivity contribution in [1.82, 2.24) is 9.78 Å². The summed E-state index contributed by atoms with van der Waals surface area (Å²) in [6.45, 7) is 0.485. The van der Waals surface area contributed by atoms with Crippen molar-refractivity contribution in [2.24, 2.45) is 0 Å². The van der Waals surface area contributed by atoms with E-state index in [1.165, 1.54) is 10.9 Å². The smallest absolute Gasteiger partial charge is 0.264 e. The van der Waals surface area contributed by atoms with Gasteiger partial charge in [-0.05, 0) is 12.8 Å². The quantitative estimate of drug-likeness (QED) is 0.475. The number of unbranched alkanes of at least 4 members (excludes halogenated alkanes) is 1. The molecular weight excluding hydrogens is 220 g/mol. The van der Waals surface area contributed by atoms with Crippen molar-refractivity contribution in [3.8, 4) is 0 Å². The average molecular weight is 234 g/mol. The maximum atomic E-state index is 10.4. The normalized spacial score (nSPS) is 11.8. The van der Waals surface area contributed by atoms with E-state index in [9.17, 15) is 8.42 Å². The van der Waals surface area contributed by atoms with Crippen LogP contribution in [0.5, 0.6) is 0 Å². The van der Waals surface area contributed by atoms with Crippen LogP contribution in [-0.2, 0) is 16.7 Å². The summed E-state index contributed by atoms with van der Waals surface area (Å²) in [5, 5.41) is 3.90. The minimum Gasteiger partial charge on any atom is -0.394 e. The Balaban J connectivity index is 2.36. The highest BCUT2D eigenvalue weighted by atomic mass is 32.2. The van der Waals surface area contributed by atoms with E-state index in [1.807, 2.05) is 0 Å². The zero-order valence-electron chi connectivity index (χ0n) is 8.13. The van der Waals surface area contributed by atoms with Crippen LogP contribution in [0.4, 0.5) is 11.5 Å². The fourth-order valence-corrected chi connectivity index (χ4v) is 1.70. The molecule has 1 aromatic rings. The highest BCUT2D eigenvalue weighted by Crippen LogP contribution is 2.13. The predicted octanol–water partition coefficient (Wildman–Crippen LogP) is -0.284. The van der Waals surface area contributed by atoms with E-state index in [1.54, 1.807) is 0 Å². The fourth-order valence-electron chi connectivity index (χ4n) is 1.13. The highest BCUT2D eigenvalue weighted by Gasteiger charge is 2.06. The first-order valence-corrected chi connectivity index (χ1v) is 6.03. The summed E-state index contributed by atoms with van der Waals surface area (Å²) in [4.78, 5) is 0. The monoisotopic (exact) mass is 234 g/mol. The average Bonchev–Trinajstić information content (AvgIpc) is 2.42. The largest absolute Gasteiger partial charge is 0.394 e. The van der Waals surface area contributed by atoms with Gasteiger partial charge in [0.2, 0.25) is 0 Å². The molecule has 1 heterocycles. The van der Waals surface area contributed by atoms with E-state index in [0.29, 0.717) is 30.9 Å². The SMILES string of the molecule is Nc1cnn(CCCCS(=O)(=O)O)c1N. The summed E-state index contributed by atoms with van der Waals surface area (Å²) in [6, 6.07) is 0. The number of hydrogen-bond donors (Lipinski definition) is 3. The molecule has 0 spiro atoms. The summed E-state index contributed by atoms with van der Waals surface area (Å²) in [5.41, 5.74) is 11.5. The second-order valence-electron chi connectivity index (χ2n) is 3.20. The molecule has 1 rings (SSSR count). The molecule has 8 heteroatoms. The highest BCUT2D eigenvalue weighted by molar-refractivity contribution is 7.85. The van der Waals surface area contributed by atoms with Crippen LogP contribution in [-0.4, -0.2) is 28.5 Å². The molecule has 0 saturated heterocycles. The molecule has 0 atom stereocenters. The summed E-state index contributed by atoms with van der Waals surface area (Å²) < 4.78 is 30.8. The van der Waals surface area contributed by atoms with Crippen LogP contribution in [0.2, 0.25) is 0 Å². The van der Waals surface area contributed by atoms with E-state index in [0.717, 1.165) is 0 Å². The van der Waals surface area contributed by atoms with Gasteiger partial charge in [-0.1, -0.05) is 0 Å². The van der Waals surface area contributed by atoms with Crippen molar-refractivity contribution in [2.45, 2.75) is 19.4 Å². The number of nitrogens with two attached hydrogens (primary N) is 2. The molecule has 0 fully saturated rings. The van der Waals surface area contributed by atoms with Crippen molar-refractivity contribution in [3.63, 3.8) is 0 Å². The zero-order chi connectivity index (χ0) is 11.5. The van der Waals surface area contributed by atoms with Gasteiger partial charge in [-0.15, -0.1) is 0 Å². The van der Waals surface area contributed by atoms with Crippen molar-refractivity contribution < 1.29 is 13.0 Å². The standard InChI is InChI=1S/C7H14N4O3S/c8-6-5-10-11(7(6)9)3-1-2-4-15(12,13)14/h5H,1-4,8-9H2,(H,12,13,14). The van der Waals surface area contributed by atoms with Gasteiger partial charge >= 0.3 is 0 Å². The van der Waals surface area contributed by atoms with E-state index >= 15 is 0 Å².